The van der Waals surface area contributed by atoms with Crippen LogP contribution in [0.4, 0.5) is 4.39 Å². The van der Waals surface area contributed by atoms with E-state index < -0.39 is 0 Å². The van der Waals surface area contributed by atoms with Gasteiger partial charge in [-0.3, -0.25) is 4.39 Å². The lowest BCUT2D eigenvalue weighted by Crippen LogP contribution is -1.97. The number of nitrogens with zero attached hydrogens (tertiary/aromatic N) is 1. The lowest BCUT2D eigenvalue weighted by Gasteiger charge is -1.97. The van der Waals surface area contributed by atoms with Gasteiger partial charge >= 0.3 is 0 Å². The van der Waals surface area contributed by atoms with Crippen molar-refractivity contribution in [2.45, 2.75) is 19.5 Å². The first-order valence-electron chi connectivity index (χ1n) is 3.77. The molecule has 0 aliphatic rings. The average Bonchev–Trinajstić information content (AvgIpc) is 2.48. The fraction of sp³-hybridized carbons (Fsp3) is 0.500. The second-order valence-corrected chi connectivity index (χ2v) is 2.50. The number of aryl methyl sites for hydroxylation is 1. The summed E-state index contributed by atoms with van der Waals surface area (Å²) in [5, 5.41) is 0. The van der Waals surface area contributed by atoms with E-state index in [1.807, 2.05) is 23.0 Å². The van der Waals surface area contributed by atoms with Crippen LogP contribution in [-0.4, -0.2) is 11.2 Å². The molecule has 0 saturated carbocycles. The summed E-state index contributed by atoms with van der Waals surface area (Å²) in [6.07, 6.45) is 4.46. The Balaban J connectivity index is 2.44. The predicted octanol–water partition coefficient (Wildman–Crippen LogP) is 1.31. The minimum absolute atomic E-state index is 0.254. The maximum Gasteiger partial charge on any atom is 0.0911 e. The highest BCUT2D eigenvalue weighted by Gasteiger charge is 1.93. The highest BCUT2D eigenvalue weighted by Crippen LogP contribution is 2.00. The summed E-state index contributed by atoms with van der Waals surface area (Å²) in [5.41, 5.74) is 6.51. The standard InChI is InChI=1S/C8H13FN2/c9-3-1-4-11-5-2-8(6-10)7-11/h2,5,7H,1,3-4,6,10H2. The molecule has 1 rings (SSSR count). The van der Waals surface area contributed by atoms with Crippen molar-refractivity contribution >= 4 is 0 Å². The van der Waals surface area contributed by atoms with Crippen LogP contribution in [0.15, 0.2) is 18.5 Å². The van der Waals surface area contributed by atoms with Gasteiger partial charge in [-0.2, -0.15) is 0 Å². The Morgan fingerprint density at radius 1 is 1.55 bits per heavy atom. The lowest BCUT2D eigenvalue weighted by molar-refractivity contribution is 0.447. The molecule has 3 heteroatoms. The van der Waals surface area contributed by atoms with E-state index in [1.54, 1.807) is 0 Å². The van der Waals surface area contributed by atoms with Gasteiger partial charge in [0.15, 0.2) is 0 Å². The van der Waals surface area contributed by atoms with E-state index in [4.69, 9.17) is 5.73 Å². The zero-order valence-electron chi connectivity index (χ0n) is 6.46. The molecule has 0 aliphatic heterocycles. The first kappa shape index (κ1) is 8.27. The van der Waals surface area contributed by atoms with Crippen LogP contribution in [0.1, 0.15) is 12.0 Å². The highest BCUT2D eigenvalue weighted by molar-refractivity contribution is 5.09. The summed E-state index contributed by atoms with van der Waals surface area (Å²) in [7, 11) is 0. The molecule has 0 radical (unpaired) electrons. The van der Waals surface area contributed by atoms with E-state index in [0.29, 0.717) is 13.0 Å². The summed E-state index contributed by atoms with van der Waals surface area (Å²) in [5.74, 6) is 0. The summed E-state index contributed by atoms with van der Waals surface area (Å²) >= 11 is 0. The quantitative estimate of drug-likeness (QED) is 0.700. The van der Waals surface area contributed by atoms with Crippen LogP contribution in [-0.2, 0) is 13.1 Å². The molecule has 0 unspecified atom stereocenters. The Hall–Kier alpha value is -0.830. The van der Waals surface area contributed by atoms with Gasteiger partial charge in [-0.05, 0) is 18.1 Å². The second kappa shape index (κ2) is 4.13. The summed E-state index contributed by atoms with van der Waals surface area (Å²) in [6, 6.07) is 1.96. The van der Waals surface area contributed by atoms with E-state index >= 15 is 0 Å². The van der Waals surface area contributed by atoms with E-state index in [9.17, 15) is 4.39 Å². The van der Waals surface area contributed by atoms with Gasteiger partial charge in [-0.15, -0.1) is 0 Å². The number of hydrogen-bond donors (Lipinski definition) is 1. The highest BCUT2D eigenvalue weighted by atomic mass is 19.1. The fourth-order valence-corrected chi connectivity index (χ4v) is 0.993. The molecule has 0 fully saturated rings. The Bertz CT molecular complexity index is 208. The number of hydrogen-bond acceptors (Lipinski definition) is 1. The normalized spacial score (nSPS) is 10.4. The molecule has 2 nitrogen and oxygen atoms in total. The van der Waals surface area contributed by atoms with E-state index in [0.717, 1.165) is 12.1 Å². The largest absolute Gasteiger partial charge is 0.354 e. The van der Waals surface area contributed by atoms with Crippen LogP contribution >= 0.6 is 0 Å². The summed E-state index contributed by atoms with van der Waals surface area (Å²) < 4.78 is 13.7. The van der Waals surface area contributed by atoms with Crippen molar-refractivity contribution in [3.8, 4) is 0 Å². The van der Waals surface area contributed by atoms with Crippen LogP contribution in [0.25, 0.3) is 0 Å². The third kappa shape index (κ3) is 2.35. The van der Waals surface area contributed by atoms with Crippen molar-refractivity contribution in [3.63, 3.8) is 0 Å². The minimum atomic E-state index is -0.254. The third-order valence-corrected chi connectivity index (χ3v) is 1.60. The van der Waals surface area contributed by atoms with Crippen molar-refractivity contribution in [2.75, 3.05) is 6.67 Å². The van der Waals surface area contributed by atoms with E-state index in [1.165, 1.54) is 0 Å². The molecule has 0 atom stereocenters. The van der Waals surface area contributed by atoms with Crippen molar-refractivity contribution < 1.29 is 4.39 Å². The van der Waals surface area contributed by atoms with Crippen LogP contribution in [0.2, 0.25) is 0 Å². The zero-order valence-corrected chi connectivity index (χ0v) is 6.46. The molecule has 62 valence electrons. The molecular weight excluding hydrogens is 143 g/mol. The predicted molar refractivity (Wildman–Crippen MR) is 42.9 cm³/mol. The van der Waals surface area contributed by atoms with Gasteiger partial charge in [-0.25, -0.2) is 0 Å². The van der Waals surface area contributed by atoms with Gasteiger partial charge in [0.05, 0.1) is 6.67 Å². The molecule has 1 aromatic heterocycles. The molecule has 0 aromatic carbocycles. The van der Waals surface area contributed by atoms with Gasteiger partial charge < -0.3 is 10.3 Å². The minimum Gasteiger partial charge on any atom is -0.354 e. The Morgan fingerprint density at radius 2 is 2.36 bits per heavy atom. The molecule has 0 spiro atoms. The molecule has 11 heavy (non-hydrogen) atoms. The van der Waals surface area contributed by atoms with Crippen LogP contribution in [0, 0.1) is 0 Å². The fourth-order valence-electron chi connectivity index (χ4n) is 0.993. The lowest BCUT2D eigenvalue weighted by atomic mass is 10.3. The average molecular weight is 156 g/mol. The van der Waals surface area contributed by atoms with Gasteiger partial charge in [-0.1, -0.05) is 0 Å². The number of alkyl halides is 1. The van der Waals surface area contributed by atoms with Crippen molar-refractivity contribution in [1.82, 2.24) is 4.57 Å². The molecule has 2 N–H and O–H groups in total. The molecule has 0 bridgehead atoms. The Labute approximate surface area is 65.8 Å². The van der Waals surface area contributed by atoms with E-state index in [-0.39, 0.29) is 6.67 Å². The monoisotopic (exact) mass is 156 g/mol. The second-order valence-electron chi connectivity index (χ2n) is 2.50. The number of nitrogens with two attached hydrogens (primary N) is 1. The first-order valence-corrected chi connectivity index (χ1v) is 3.77. The summed E-state index contributed by atoms with van der Waals surface area (Å²) in [4.78, 5) is 0. The summed E-state index contributed by atoms with van der Waals surface area (Å²) in [6.45, 7) is 1.05. The molecular formula is C8H13FN2. The maximum atomic E-state index is 11.7. The van der Waals surface area contributed by atoms with Crippen molar-refractivity contribution in [1.29, 1.82) is 0 Å². The first-order chi connectivity index (χ1) is 5.36. The third-order valence-electron chi connectivity index (χ3n) is 1.60. The molecule has 0 saturated heterocycles. The van der Waals surface area contributed by atoms with Crippen molar-refractivity contribution in [2.24, 2.45) is 5.73 Å². The van der Waals surface area contributed by atoms with Gasteiger partial charge in [0.1, 0.15) is 0 Å². The SMILES string of the molecule is NCc1ccn(CCCF)c1. The molecule has 0 amide bonds. The van der Waals surface area contributed by atoms with E-state index in [2.05, 4.69) is 0 Å². The zero-order chi connectivity index (χ0) is 8.10. The Morgan fingerprint density at radius 3 is 2.91 bits per heavy atom. The topological polar surface area (TPSA) is 30.9 Å². The van der Waals surface area contributed by atoms with Gasteiger partial charge in [0.2, 0.25) is 0 Å². The molecule has 0 aliphatic carbocycles. The van der Waals surface area contributed by atoms with Gasteiger partial charge in [0.25, 0.3) is 0 Å². The number of halogens is 1. The smallest absolute Gasteiger partial charge is 0.0911 e. The van der Waals surface area contributed by atoms with Crippen molar-refractivity contribution in [3.05, 3.63) is 24.0 Å². The van der Waals surface area contributed by atoms with Crippen LogP contribution in [0.5, 0.6) is 0 Å². The van der Waals surface area contributed by atoms with Gasteiger partial charge in [0, 0.05) is 25.5 Å². The number of rotatable bonds is 4. The van der Waals surface area contributed by atoms with Crippen LogP contribution < -0.4 is 5.73 Å². The number of aromatic nitrogens is 1. The maximum absolute atomic E-state index is 11.7. The van der Waals surface area contributed by atoms with Crippen LogP contribution in [0.3, 0.4) is 0 Å². The Kier molecular flexibility index (Phi) is 3.11. The molecule has 1 heterocycles. The molecule has 1 aromatic rings.